The van der Waals surface area contributed by atoms with E-state index in [-0.39, 0.29) is 0 Å². The largest absolute Gasteiger partial charge is 0.338 e. The number of hydrogen-bond acceptors (Lipinski definition) is 3. The highest BCUT2D eigenvalue weighted by Crippen LogP contribution is 2.52. The second-order valence-corrected chi connectivity index (χ2v) is 7.16. The normalized spacial score (nSPS) is 21.2. The molecule has 0 N–H and O–H groups in total. The van der Waals surface area contributed by atoms with Crippen LogP contribution in [0.1, 0.15) is 24.0 Å². The quantitative estimate of drug-likeness (QED) is 0.736. The van der Waals surface area contributed by atoms with E-state index < -0.39 is 0 Å². The van der Waals surface area contributed by atoms with Gasteiger partial charge in [0, 0.05) is 23.7 Å². The van der Waals surface area contributed by atoms with Crippen molar-refractivity contribution in [3.8, 4) is 0 Å². The van der Waals surface area contributed by atoms with Crippen molar-refractivity contribution in [1.82, 2.24) is 4.90 Å². The minimum atomic E-state index is 0.302. The molecule has 3 nitrogen and oxygen atoms in total. The molecular weight excluding hydrogens is 282 g/mol. The Hall–Kier alpha value is -2.13. The molecule has 2 aromatic rings. The summed E-state index contributed by atoms with van der Waals surface area (Å²) in [6.45, 7) is 3.47. The fraction of sp³-hybridized carbons (Fsp3) is 0.350. The Balaban J connectivity index is 1.72. The molecule has 1 fully saturated rings. The molecule has 0 radical (unpaired) electrons. The molecule has 23 heavy (non-hydrogen) atoms. The third-order valence-corrected chi connectivity index (χ3v) is 5.83. The van der Waals surface area contributed by atoms with Crippen LogP contribution in [0.25, 0.3) is 0 Å². The van der Waals surface area contributed by atoms with E-state index >= 15 is 0 Å². The van der Waals surface area contributed by atoms with Crippen LogP contribution in [0, 0.1) is 0 Å². The lowest BCUT2D eigenvalue weighted by Gasteiger charge is -2.38. The van der Waals surface area contributed by atoms with E-state index in [0.29, 0.717) is 5.41 Å². The van der Waals surface area contributed by atoms with E-state index in [2.05, 4.69) is 59.3 Å². The van der Waals surface area contributed by atoms with Crippen LogP contribution in [0.15, 0.2) is 47.5 Å². The first-order valence-corrected chi connectivity index (χ1v) is 8.50. The minimum Gasteiger partial charge on any atom is -0.338 e. The fourth-order valence-corrected chi connectivity index (χ4v) is 4.48. The zero-order valence-electron chi connectivity index (χ0n) is 13.5. The summed E-state index contributed by atoms with van der Waals surface area (Å²) in [5.74, 6) is 0. The molecule has 116 valence electrons. The molecule has 2 aromatic carbocycles. The van der Waals surface area contributed by atoms with Gasteiger partial charge in [-0.05, 0) is 50.7 Å². The Labute approximate surface area is 137 Å². The van der Waals surface area contributed by atoms with Gasteiger partial charge in [0.1, 0.15) is 0 Å². The highest BCUT2D eigenvalue weighted by atomic mass is 15.2. The Kier molecular flexibility index (Phi) is 2.71. The second-order valence-electron chi connectivity index (χ2n) is 7.16. The van der Waals surface area contributed by atoms with Crippen LogP contribution in [0.3, 0.4) is 0 Å². The Morgan fingerprint density at radius 3 is 2.70 bits per heavy atom. The molecule has 3 aliphatic heterocycles. The predicted molar refractivity (Wildman–Crippen MR) is 95.6 cm³/mol. The van der Waals surface area contributed by atoms with Gasteiger partial charge in [-0.15, -0.1) is 0 Å². The first kappa shape index (κ1) is 13.3. The van der Waals surface area contributed by atoms with E-state index in [9.17, 15) is 0 Å². The predicted octanol–water partition coefficient (Wildman–Crippen LogP) is 3.87. The number of nitrogens with zero attached hydrogens (tertiary/aromatic N) is 3. The van der Waals surface area contributed by atoms with Gasteiger partial charge in [0.25, 0.3) is 0 Å². The smallest absolute Gasteiger partial charge is 0.0866 e. The summed E-state index contributed by atoms with van der Waals surface area (Å²) in [4.78, 5) is 9.71. The average molecular weight is 303 g/mol. The summed E-state index contributed by atoms with van der Waals surface area (Å²) < 4.78 is 0. The lowest BCUT2D eigenvalue weighted by atomic mass is 9.74. The number of hydrogen-bond donors (Lipinski definition) is 0. The van der Waals surface area contributed by atoms with Crippen molar-refractivity contribution in [3.63, 3.8) is 0 Å². The lowest BCUT2D eigenvalue weighted by Crippen LogP contribution is -2.43. The standard InChI is InChI=1S/C20H21N3/c1-22-11-9-20(10-12-22)14-23-18-8-3-2-7-17(18)21-13-15-5-4-6-16(20)19(15)23/h2-8,13H,9-12,14H2,1H3. The molecule has 0 saturated carbocycles. The first-order valence-electron chi connectivity index (χ1n) is 8.50. The van der Waals surface area contributed by atoms with E-state index in [1.807, 2.05) is 6.21 Å². The number of likely N-dealkylation sites (tertiary alicyclic amines) is 1. The van der Waals surface area contributed by atoms with Crippen molar-refractivity contribution in [2.75, 3.05) is 31.6 Å². The number of fused-ring (bicyclic) bond motifs is 3. The number of piperidine rings is 1. The number of anilines is 2. The maximum Gasteiger partial charge on any atom is 0.0866 e. The number of para-hydroxylation sites is 3. The van der Waals surface area contributed by atoms with Gasteiger partial charge in [0.15, 0.2) is 0 Å². The van der Waals surface area contributed by atoms with Crippen molar-refractivity contribution in [2.45, 2.75) is 18.3 Å². The number of rotatable bonds is 0. The van der Waals surface area contributed by atoms with Gasteiger partial charge >= 0.3 is 0 Å². The van der Waals surface area contributed by atoms with E-state index in [0.717, 1.165) is 12.2 Å². The van der Waals surface area contributed by atoms with Gasteiger partial charge < -0.3 is 9.80 Å². The molecule has 5 rings (SSSR count). The molecule has 0 amide bonds. The topological polar surface area (TPSA) is 18.8 Å². The van der Waals surface area contributed by atoms with Gasteiger partial charge in [0.2, 0.25) is 0 Å². The fourth-order valence-electron chi connectivity index (χ4n) is 4.48. The summed E-state index contributed by atoms with van der Waals surface area (Å²) in [7, 11) is 2.24. The average Bonchev–Trinajstić information content (AvgIpc) is 2.82. The third kappa shape index (κ3) is 1.83. The van der Waals surface area contributed by atoms with Crippen LogP contribution in [0.5, 0.6) is 0 Å². The summed E-state index contributed by atoms with van der Waals surface area (Å²) >= 11 is 0. The summed E-state index contributed by atoms with van der Waals surface area (Å²) in [5, 5.41) is 0. The highest BCUT2D eigenvalue weighted by molar-refractivity contribution is 5.98. The first-order chi connectivity index (χ1) is 11.3. The molecule has 0 atom stereocenters. The summed E-state index contributed by atoms with van der Waals surface area (Å²) in [5.41, 5.74) is 6.83. The molecule has 0 bridgehead atoms. The highest BCUT2D eigenvalue weighted by Gasteiger charge is 2.46. The van der Waals surface area contributed by atoms with Crippen molar-refractivity contribution in [3.05, 3.63) is 53.6 Å². The van der Waals surface area contributed by atoms with E-state index in [4.69, 9.17) is 4.99 Å². The van der Waals surface area contributed by atoms with Gasteiger partial charge in [-0.3, -0.25) is 4.99 Å². The Morgan fingerprint density at radius 2 is 1.83 bits per heavy atom. The van der Waals surface area contributed by atoms with Crippen molar-refractivity contribution in [2.24, 2.45) is 4.99 Å². The van der Waals surface area contributed by atoms with E-state index in [1.54, 1.807) is 0 Å². The van der Waals surface area contributed by atoms with Crippen molar-refractivity contribution < 1.29 is 0 Å². The van der Waals surface area contributed by atoms with Crippen LogP contribution in [-0.2, 0) is 5.41 Å². The molecule has 1 saturated heterocycles. The molecule has 0 unspecified atom stereocenters. The SMILES string of the molecule is CN1CCC2(CC1)CN1c3ccccc3N=Cc3cccc2c31. The minimum absolute atomic E-state index is 0.302. The Morgan fingerprint density at radius 1 is 1.00 bits per heavy atom. The summed E-state index contributed by atoms with van der Waals surface area (Å²) in [6, 6.07) is 15.3. The molecule has 0 aromatic heterocycles. The maximum absolute atomic E-state index is 4.72. The van der Waals surface area contributed by atoms with Gasteiger partial charge in [-0.2, -0.15) is 0 Å². The van der Waals surface area contributed by atoms with Gasteiger partial charge in [-0.25, -0.2) is 0 Å². The van der Waals surface area contributed by atoms with Crippen LogP contribution >= 0.6 is 0 Å². The molecule has 3 heterocycles. The van der Waals surface area contributed by atoms with E-state index in [1.165, 1.54) is 48.4 Å². The van der Waals surface area contributed by atoms with Crippen LogP contribution in [0.4, 0.5) is 17.1 Å². The molecule has 3 heteroatoms. The van der Waals surface area contributed by atoms with Gasteiger partial charge in [0.05, 0.1) is 17.1 Å². The van der Waals surface area contributed by atoms with Gasteiger partial charge in [-0.1, -0.05) is 30.3 Å². The zero-order valence-corrected chi connectivity index (χ0v) is 13.5. The molecule has 3 aliphatic rings. The van der Waals surface area contributed by atoms with Crippen LogP contribution < -0.4 is 4.90 Å². The van der Waals surface area contributed by atoms with Crippen LogP contribution in [0.2, 0.25) is 0 Å². The zero-order chi connectivity index (χ0) is 15.4. The molecular formula is C20H21N3. The lowest BCUT2D eigenvalue weighted by molar-refractivity contribution is 0.198. The summed E-state index contributed by atoms with van der Waals surface area (Å²) in [6.07, 6.45) is 4.54. The third-order valence-electron chi connectivity index (χ3n) is 5.83. The van der Waals surface area contributed by atoms with Crippen LogP contribution in [-0.4, -0.2) is 37.8 Å². The molecule has 0 aliphatic carbocycles. The molecule has 1 spiro atoms. The maximum atomic E-state index is 4.72. The van der Waals surface area contributed by atoms with Crippen molar-refractivity contribution in [1.29, 1.82) is 0 Å². The number of aliphatic imine (C=N–C) groups is 1. The monoisotopic (exact) mass is 303 g/mol. The Bertz CT molecular complexity index is 800. The van der Waals surface area contributed by atoms with Crippen molar-refractivity contribution >= 4 is 23.3 Å². The second kappa shape index (κ2) is 4.68. The number of benzene rings is 2.